The Hall–Kier alpha value is -2.25. The Labute approximate surface area is 141 Å². The quantitative estimate of drug-likeness (QED) is 0.714. The molecule has 2 aromatic carbocycles. The van der Waals surface area contributed by atoms with Crippen molar-refractivity contribution in [2.45, 2.75) is 17.7 Å². The van der Waals surface area contributed by atoms with Crippen molar-refractivity contribution in [1.82, 2.24) is 10.0 Å². The summed E-state index contributed by atoms with van der Waals surface area (Å²) in [6.45, 7) is 0.108. The minimum absolute atomic E-state index is 0.0826. The Morgan fingerprint density at radius 1 is 1.00 bits per heavy atom. The molecule has 0 atom stereocenters. The first-order chi connectivity index (χ1) is 11.5. The summed E-state index contributed by atoms with van der Waals surface area (Å²) in [6.07, 6.45) is 1.60. The molecular weight excluding hydrogens is 331 g/mol. The first-order valence-corrected chi connectivity index (χ1v) is 9.01. The summed E-state index contributed by atoms with van der Waals surface area (Å²) in [6, 6.07) is 14.3. The highest BCUT2D eigenvalue weighted by molar-refractivity contribution is 7.89. The molecule has 5 nitrogen and oxygen atoms in total. The van der Waals surface area contributed by atoms with Gasteiger partial charge in [-0.1, -0.05) is 30.3 Å². The van der Waals surface area contributed by atoms with Crippen LogP contribution in [0.4, 0.5) is 4.39 Å². The molecule has 0 radical (unpaired) electrons. The second-order valence-electron chi connectivity index (χ2n) is 5.22. The van der Waals surface area contributed by atoms with E-state index in [-0.39, 0.29) is 11.4 Å². The summed E-state index contributed by atoms with van der Waals surface area (Å²) in [7, 11) is -3.82. The number of halogens is 1. The molecule has 24 heavy (non-hydrogen) atoms. The number of nitrogens with one attached hydrogen (secondary N) is 2. The molecular formula is C17H19FN2O3S. The molecule has 2 rings (SSSR count). The highest BCUT2D eigenvalue weighted by atomic mass is 32.2. The molecule has 0 aliphatic heterocycles. The Kier molecular flexibility index (Phi) is 6.45. The second-order valence-corrected chi connectivity index (χ2v) is 6.98. The van der Waals surface area contributed by atoms with E-state index in [1.165, 1.54) is 5.56 Å². The molecule has 2 aromatic rings. The van der Waals surface area contributed by atoms with Crippen LogP contribution in [0.5, 0.6) is 0 Å². The number of benzene rings is 2. The van der Waals surface area contributed by atoms with Gasteiger partial charge in [-0.25, -0.2) is 17.5 Å². The summed E-state index contributed by atoms with van der Waals surface area (Å²) in [5.41, 5.74) is 1.18. The highest BCUT2D eigenvalue weighted by Gasteiger charge is 2.15. The predicted molar refractivity (Wildman–Crippen MR) is 89.4 cm³/mol. The molecule has 0 saturated carbocycles. The van der Waals surface area contributed by atoms with Crippen molar-refractivity contribution in [3.05, 3.63) is 66.0 Å². The average molecular weight is 350 g/mol. The molecule has 0 fully saturated rings. The number of amides is 1. The lowest BCUT2D eigenvalue weighted by Gasteiger charge is -2.08. The number of hydrogen-bond acceptors (Lipinski definition) is 3. The Bertz CT molecular complexity index is 762. The van der Waals surface area contributed by atoms with Crippen LogP contribution >= 0.6 is 0 Å². The van der Waals surface area contributed by atoms with Gasteiger partial charge in [-0.3, -0.25) is 4.79 Å². The van der Waals surface area contributed by atoms with E-state index in [4.69, 9.17) is 0 Å². The Morgan fingerprint density at radius 3 is 2.33 bits per heavy atom. The summed E-state index contributed by atoms with van der Waals surface area (Å²) in [5, 5.41) is 2.66. The molecule has 2 N–H and O–H groups in total. The molecule has 0 saturated heterocycles. The van der Waals surface area contributed by atoms with Gasteiger partial charge in [0.25, 0.3) is 0 Å². The van der Waals surface area contributed by atoms with Crippen molar-refractivity contribution in [3.8, 4) is 0 Å². The van der Waals surface area contributed by atoms with Crippen LogP contribution in [0.3, 0.4) is 0 Å². The van der Waals surface area contributed by atoms with Gasteiger partial charge < -0.3 is 5.32 Å². The number of rotatable bonds is 8. The fourth-order valence-electron chi connectivity index (χ4n) is 2.09. The molecule has 0 heterocycles. The topological polar surface area (TPSA) is 75.3 Å². The molecule has 0 spiro atoms. The van der Waals surface area contributed by atoms with Crippen LogP contribution in [0.25, 0.3) is 0 Å². The van der Waals surface area contributed by atoms with Crippen LogP contribution in [-0.4, -0.2) is 27.4 Å². The van der Waals surface area contributed by atoms with Crippen LogP contribution in [0.2, 0.25) is 0 Å². The van der Waals surface area contributed by atoms with Crippen LogP contribution in [0.15, 0.2) is 59.5 Å². The first-order valence-electron chi connectivity index (χ1n) is 7.53. The zero-order valence-corrected chi connectivity index (χ0v) is 13.9. The van der Waals surface area contributed by atoms with Crippen molar-refractivity contribution < 1.29 is 17.6 Å². The van der Waals surface area contributed by atoms with E-state index >= 15 is 0 Å². The normalized spacial score (nSPS) is 11.2. The number of hydrogen-bond donors (Lipinski definition) is 2. The summed E-state index contributed by atoms with van der Waals surface area (Å²) < 4.78 is 38.9. The van der Waals surface area contributed by atoms with Gasteiger partial charge in [0.1, 0.15) is 5.82 Å². The third-order valence-corrected chi connectivity index (χ3v) is 4.77. The van der Waals surface area contributed by atoms with E-state index in [0.717, 1.165) is 37.1 Å². The molecule has 0 aromatic heterocycles. The van der Waals surface area contributed by atoms with Gasteiger partial charge in [0.15, 0.2) is 0 Å². The van der Waals surface area contributed by atoms with Crippen molar-refractivity contribution in [1.29, 1.82) is 0 Å². The standard InChI is InChI=1S/C17H19FN2O3S/c18-15-8-10-16(11-9-15)24(22,23)20-13-17(21)19-12-4-7-14-5-2-1-3-6-14/h1-3,5-6,8-11,20H,4,7,12-13H2,(H,19,21). The largest absolute Gasteiger partial charge is 0.355 e. The van der Waals surface area contributed by atoms with Gasteiger partial charge >= 0.3 is 0 Å². The maximum Gasteiger partial charge on any atom is 0.241 e. The minimum Gasteiger partial charge on any atom is -0.355 e. The van der Waals surface area contributed by atoms with Crippen LogP contribution in [0, 0.1) is 5.82 Å². The predicted octanol–water partition coefficient (Wildman–Crippen LogP) is 1.85. The monoisotopic (exact) mass is 350 g/mol. The van der Waals surface area contributed by atoms with Crippen LogP contribution in [-0.2, 0) is 21.2 Å². The molecule has 0 unspecified atom stereocenters. The van der Waals surface area contributed by atoms with Crippen molar-refractivity contribution in [2.24, 2.45) is 0 Å². The molecule has 0 bridgehead atoms. The lowest BCUT2D eigenvalue weighted by Crippen LogP contribution is -2.37. The van der Waals surface area contributed by atoms with Crippen molar-refractivity contribution >= 4 is 15.9 Å². The summed E-state index contributed by atoms with van der Waals surface area (Å²) in [4.78, 5) is 11.6. The van der Waals surface area contributed by atoms with E-state index in [9.17, 15) is 17.6 Å². The molecule has 0 aliphatic carbocycles. The lowest BCUT2D eigenvalue weighted by atomic mass is 10.1. The van der Waals surface area contributed by atoms with Gasteiger partial charge in [0.2, 0.25) is 15.9 Å². The molecule has 128 valence electrons. The van der Waals surface area contributed by atoms with Crippen molar-refractivity contribution in [3.63, 3.8) is 0 Å². The maximum absolute atomic E-state index is 12.8. The molecule has 7 heteroatoms. The zero-order valence-electron chi connectivity index (χ0n) is 13.0. The SMILES string of the molecule is O=C(CNS(=O)(=O)c1ccc(F)cc1)NCCCc1ccccc1. The zero-order chi connectivity index (χ0) is 17.4. The molecule has 1 amide bonds. The minimum atomic E-state index is -3.82. The van der Waals surface area contributed by atoms with E-state index < -0.39 is 21.7 Å². The van der Waals surface area contributed by atoms with E-state index in [1.807, 2.05) is 30.3 Å². The number of carbonyl (C=O) groups is 1. The van der Waals surface area contributed by atoms with Gasteiger partial charge in [-0.15, -0.1) is 0 Å². The Balaban J connectivity index is 1.71. The smallest absolute Gasteiger partial charge is 0.241 e. The average Bonchev–Trinajstić information content (AvgIpc) is 2.58. The van der Waals surface area contributed by atoms with E-state index in [0.29, 0.717) is 6.54 Å². The van der Waals surface area contributed by atoms with Gasteiger partial charge in [-0.05, 0) is 42.7 Å². The Morgan fingerprint density at radius 2 is 1.67 bits per heavy atom. The first kappa shape index (κ1) is 18.1. The van der Waals surface area contributed by atoms with Gasteiger partial charge in [-0.2, -0.15) is 0 Å². The molecule has 0 aliphatic rings. The number of carbonyl (C=O) groups excluding carboxylic acids is 1. The second kappa shape index (κ2) is 8.56. The number of aryl methyl sites for hydroxylation is 1. The van der Waals surface area contributed by atoms with Crippen LogP contribution in [0.1, 0.15) is 12.0 Å². The van der Waals surface area contributed by atoms with Crippen molar-refractivity contribution in [2.75, 3.05) is 13.1 Å². The van der Waals surface area contributed by atoms with E-state index in [2.05, 4.69) is 10.0 Å². The third kappa shape index (κ3) is 5.75. The fourth-order valence-corrected chi connectivity index (χ4v) is 3.07. The summed E-state index contributed by atoms with van der Waals surface area (Å²) >= 11 is 0. The lowest BCUT2D eigenvalue weighted by molar-refractivity contribution is -0.119. The van der Waals surface area contributed by atoms with Gasteiger partial charge in [0, 0.05) is 6.54 Å². The number of sulfonamides is 1. The van der Waals surface area contributed by atoms with Crippen LogP contribution < -0.4 is 10.0 Å². The fraction of sp³-hybridized carbons (Fsp3) is 0.235. The summed E-state index contributed by atoms with van der Waals surface area (Å²) in [5.74, 6) is -0.932. The maximum atomic E-state index is 12.8. The van der Waals surface area contributed by atoms with Gasteiger partial charge in [0.05, 0.1) is 11.4 Å². The third-order valence-electron chi connectivity index (χ3n) is 3.35. The van der Waals surface area contributed by atoms with E-state index in [1.54, 1.807) is 0 Å². The highest BCUT2D eigenvalue weighted by Crippen LogP contribution is 2.09.